The van der Waals surface area contributed by atoms with Crippen molar-refractivity contribution in [2.24, 2.45) is 5.92 Å². The maximum Gasteiger partial charge on any atom is 0.0769 e. The Labute approximate surface area is 138 Å². The molecule has 23 heavy (non-hydrogen) atoms. The van der Waals surface area contributed by atoms with E-state index in [4.69, 9.17) is 9.47 Å². The molecule has 2 aromatic carbocycles. The van der Waals surface area contributed by atoms with E-state index in [0.29, 0.717) is 19.1 Å². The standard InChI is InChI=1S/C21H24O2/c1-17-12-21(23-15-19-10-6-3-7-11-19)13-20(17)16-22-14-18-8-4-2-5-9-18/h2-12,20-21H,13-16H2,1H3/t20-,21+/m1/s1. The molecule has 1 aliphatic rings. The second-order valence-corrected chi connectivity index (χ2v) is 6.18. The van der Waals surface area contributed by atoms with Gasteiger partial charge in [-0.05, 0) is 24.5 Å². The van der Waals surface area contributed by atoms with Crippen LogP contribution in [0.15, 0.2) is 72.3 Å². The molecule has 0 amide bonds. The Morgan fingerprint density at radius 1 is 0.870 bits per heavy atom. The average molecular weight is 308 g/mol. The molecular formula is C21H24O2. The molecule has 0 bridgehead atoms. The summed E-state index contributed by atoms with van der Waals surface area (Å²) >= 11 is 0. The number of ether oxygens (including phenoxy) is 2. The second kappa shape index (κ2) is 8.09. The van der Waals surface area contributed by atoms with Crippen LogP contribution < -0.4 is 0 Å². The highest BCUT2D eigenvalue weighted by Crippen LogP contribution is 2.28. The summed E-state index contributed by atoms with van der Waals surface area (Å²) in [5.41, 5.74) is 3.84. The van der Waals surface area contributed by atoms with E-state index in [1.165, 1.54) is 16.7 Å². The van der Waals surface area contributed by atoms with Gasteiger partial charge in [-0.3, -0.25) is 0 Å². The van der Waals surface area contributed by atoms with E-state index >= 15 is 0 Å². The van der Waals surface area contributed by atoms with Crippen LogP contribution in [0.4, 0.5) is 0 Å². The molecule has 0 spiro atoms. The summed E-state index contributed by atoms with van der Waals surface area (Å²) in [5, 5.41) is 0. The van der Waals surface area contributed by atoms with E-state index in [2.05, 4.69) is 49.4 Å². The number of benzene rings is 2. The topological polar surface area (TPSA) is 18.5 Å². The first-order valence-electron chi connectivity index (χ1n) is 8.27. The fourth-order valence-corrected chi connectivity index (χ4v) is 2.95. The van der Waals surface area contributed by atoms with Gasteiger partial charge in [-0.15, -0.1) is 0 Å². The van der Waals surface area contributed by atoms with E-state index in [0.717, 1.165) is 13.0 Å². The molecule has 2 atom stereocenters. The quantitative estimate of drug-likeness (QED) is 0.687. The van der Waals surface area contributed by atoms with Gasteiger partial charge < -0.3 is 9.47 Å². The third-order valence-electron chi connectivity index (χ3n) is 4.35. The zero-order valence-electron chi connectivity index (χ0n) is 13.7. The predicted octanol–water partition coefficient (Wildman–Crippen LogP) is 4.75. The molecule has 2 nitrogen and oxygen atoms in total. The fourth-order valence-electron chi connectivity index (χ4n) is 2.95. The molecule has 0 saturated carbocycles. The zero-order valence-corrected chi connectivity index (χ0v) is 13.7. The molecule has 2 heteroatoms. The summed E-state index contributed by atoms with van der Waals surface area (Å²) < 4.78 is 11.9. The fraction of sp³-hybridized carbons (Fsp3) is 0.333. The molecule has 0 N–H and O–H groups in total. The molecule has 1 aliphatic carbocycles. The Hall–Kier alpha value is -1.90. The minimum Gasteiger partial charge on any atom is -0.376 e. The lowest BCUT2D eigenvalue weighted by Crippen LogP contribution is -2.13. The van der Waals surface area contributed by atoms with Crippen LogP contribution in [0.1, 0.15) is 24.5 Å². The van der Waals surface area contributed by atoms with E-state index in [-0.39, 0.29) is 6.10 Å². The maximum absolute atomic E-state index is 6.02. The Morgan fingerprint density at radius 2 is 1.48 bits per heavy atom. The van der Waals surface area contributed by atoms with Crippen molar-refractivity contribution in [2.45, 2.75) is 32.7 Å². The van der Waals surface area contributed by atoms with E-state index < -0.39 is 0 Å². The van der Waals surface area contributed by atoms with Crippen molar-refractivity contribution in [1.82, 2.24) is 0 Å². The van der Waals surface area contributed by atoms with Gasteiger partial charge in [0.1, 0.15) is 0 Å². The highest BCUT2D eigenvalue weighted by molar-refractivity contribution is 5.17. The Bertz CT molecular complexity index is 619. The van der Waals surface area contributed by atoms with Gasteiger partial charge in [-0.1, -0.05) is 72.3 Å². The van der Waals surface area contributed by atoms with Gasteiger partial charge in [0.25, 0.3) is 0 Å². The van der Waals surface area contributed by atoms with Gasteiger partial charge in [0.2, 0.25) is 0 Å². The summed E-state index contributed by atoms with van der Waals surface area (Å²) in [4.78, 5) is 0. The Morgan fingerprint density at radius 3 is 2.13 bits per heavy atom. The molecule has 120 valence electrons. The number of rotatable bonds is 7. The largest absolute Gasteiger partial charge is 0.376 e. The predicted molar refractivity (Wildman–Crippen MR) is 93.0 cm³/mol. The van der Waals surface area contributed by atoms with Crippen molar-refractivity contribution in [1.29, 1.82) is 0 Å². The highest BCUT2D eigenvalue weighted by Gasteiger charge is 2.24. The molecule has 3 rings (SSSR count). The first kappa shape index (κ1) is 16.0. The lowest BCUT2D eigenvalue weighted by molar-refractivity contribution is 0.0478. The lowest BCUT2D eigenvalue weighted by Gasteiger charge is -2.15. The van der Waals surface area contributed by atoms with Crippen LogP contribution in [-0.2, 0) is 22.7 Å². The highest BCUT2D eigenvalue weighted by atomic mass is 16.5. The maximum atomic E-state index is 6.02. The minimum absolute atomic E-state index is 0.209. The molecule has 0 saturated heterocycles. The van der Waals surface area contributed by atoms with Crippen molar-refractivity contribution in [3.05, 3.63) is 83.4 Å². The van der Waals surface area contributed by atoms with Crippen LogP contribution in [0.25, 0.3) is 0 Å². The van der Waals surface area contributed by atoms with E-state index in [9.17, 15) is 0 Å². The van der Waals surface area contributed by atoms with Gasteiger partial charge in [-0.25, -0.2) is 0 Å². The molecule has 0 radical (unpaired) electrons. The van der Waals surface area contributed by atoms with Crippen molar-refractivity contribution < 1.29 is 9.47 Å². The molecule has 0 fully saturated rings. The van der Waals surface area contributed by atoms with Gasteiger partial charge in [0, 0.05) is 5.92 Å². The number of hydrogen-bond acceptors (Lipinski definition) is 2. The van der Waals surface area contributed by atoms with Crippen molar-refractivity contribution in [3.8, 4) is 0 Å². The number of hydrogen-bond donors (Lipinski definition) is 0. The molecule has 0 aliphatic heterocycles. The normalized spacial score (nSPS) is 20.5. The van der Waals surface area contributed by atoms with Crippen LogP contribution >= 0.6 is 0 Å². The Kier molecular flexibility index (Phi) is 5.62. The summed E-state index contributed by atoms with van der Waals surface area (Å²) in [6.45, 7) is 4.30. The van der Waals surface area contributed by atoms with Gasteiger partial charge >= 0.3 is 0 Å². The van der Waals surface area contributed by atoms with Crippen LogP contribution in [-0.4, -0.2) is 12.7 Å². The molecular weight excluding hydrogens is 284 g/mol. The average Bonchev–Trinajstić information content (AvgIpc) is 2.95. The van der Waals surface area contributed by atoms with Crippen LogP contribution in [0.2, 0.25) is 0 Å². The second-order valence-electron chi connectivity index (χ2n) is 6.18. The van der Waals surface area contributed by atoms with Crippen molar-refractivity contribution in [3.63, 3.8) is 0 Å². The summed E-state index contributed by atoms with van der Waals surface area (Å²) in [6.07, 6.45) is 3.48. The summed E-state index contributed by atoms with van der Waals surface area (Å²) in [5.74, 6) is 0.472. The lowest BCUT2D eigenvalue weighted by atomic mass is 10.0. The molecule has 0 heterocycles. The first-order chi connectivity index (χ1) is 11.3. The SMILES string of the molecule is CC1=C[C@H](OCc2ccccc2)C[C@@H]1COCc1ccccc1. The van der Waals surface area contributed by atoms with Crippen molar-refractivity contribution >= 4 is 0 Å². The smallest absolute Gasteiger partial charge is 0.0769 e. The van der Waals surface area contributed by atoms with Crippen LogP contribution in [0.3, 0.4) is 0 Å². The van der Waals surface area contributed by atoms with Gasteiger partial charge in [0.05, 0.1) is 25.9 Å². The van der Waals surface area contributed by atoms with E-state index in [1.54, 1.807) is 0 Å². The molecule has 0 unspecified atom stereocenters. The van der Waals surface area contributed by atoms with Gasteiger partial charge in [-0.2, -0.15) is 0 Å². The first-order valence-corrected chi connectivity index (χ1v) is 8.27. The Balaban J connectivity index is 1.41. The van der Waals surface area contributed by atoms with Crippen molar-refractivity contribution in [2.75, 3.05) is 6.61 Å². The monoisotopic (exact) mass is 308 g/mol. The van der Waals surface area contributed by atoms with Gasteiger partial charge in [0.15, 0.2) is 0 Å². The summed E-state index contributed by atoms with van der Waals surface area (Å²) in [6, 6.07) is 20.7. The van der Waals surface area contributed by atoms with Crippen LogP contribution in [0.5, 0.6) is 0 Å². The van der Waals surface area contributed by atoms with E-state index in [1.807, 2.05) is 24.3 Å². The molecule has 0 aromatic heterocycles. The van der Waals surface area contributed by atoms with Crippen LogP contribution in [0, 0.1) is 5.92 Å². The third kappa shape index (κ3) is 4.78. The summed E-state index contributed by atoms with van der Waals surface area (Å²) in [7, 11) is 0. The molecule has 2 aromatic rings. The third-order valence-corrected chi connectivity index (χ3v) is 4.35. The zero-order chi connectivity index (χ0) is 15.9. The minimum atomic E-state index is 0.209.